The smallest absolute Gasteiger partial charge is 0.319 e. The molecule has 0 radical (unpaired) electrons. The summed E-state index contributed by atoms with van der Waals surface area (Å²) in [7, 11) is 0.0599. The number of thiophene rings is 1. The first-order valence-electron chi connectivity index (χ1n) is 12.3. The zero-order valence-corrected chi connectivity index (χ0v) is 23.2. The van der Waals surface area contributed by atoms with Crippen molar-refractivity contribution >= 4 is 37.2 Å². The van der Waals surface area contributed by atoms with Crippen molar-refractivity contribution in [3.8, 4) is 23.3 Å². The lowest BCUT2D eigenvalue weighted by molar-refractivity contribution is 0.122. The minimum absolute atomic E-state index is 0.212. The normalized spacial score (nSPS) is 17.9. The molecule has 11 nitrogen and oxygen atoms in total. The highest BCUT2D eigenvalue weighted by Gasteiger charge is 2.28. The molecule has 0 bridgehead atoms. The molecule has 0 aromatic carbocycles. The first-order chi connectivity index (χ1) is 17.8. The summed E-state index contributed by atoms with van der Waals surface area (Å²) in [6, 6.07) is 0.212. The van der Waals surface area contributed by atoms with Crippen LogP contribution < -0.4 is 14.4 Å². The summed E-state index contributed by atoms with van der Waals surface area (Å²) < 4.78 is 41.2. The van der Waals surface area contributed by atoms with Crippen LogP contribution in [0.1, 0.15) is 23.3 Å². The van der Waals surface area contributed by atoms with Gasteiger partial charge in [-0.2, -0.15) is 4.98 Å². The Hall–Kier alpha value is -2.61. The molecule has 0 amide bonds. The van der Waals surface area contributed by atoms with Crippen LogP contribution in [0.5, 0.6) is 11.9 Å². The lowest BCUT2D eigenvalue weighted by Gasteiger charge is -2.30. The van der Waals surface area contributed by atoms with Gasteiger partial charge in [0.05, 0.1) is 42.9 Å². The summed E-state index contributed by atoms with van der Waals surface area (Å²) >= 11 is 1.71. The van der Waals surface area contributed by atoms with Gasteiger partial charge >= 0.3 is 6.01 Å². The largest absolute Gasteiger partial charge is 0.480 e. The van der Waals surface area contributed by atoms with Crippen LogP contribution in [0.4, 0.5) is 5.82 Å². The molecule has 37 heavy (non-hydrogen) atoms. The van der Waals surface area contributed by atoms with E-state index in [0.29, 0.717) is 43.3 Å². The van der Waals surface area contributed by atoms with Crippen molar-refractivity contribution in [2.45, 2.75) is 31.6 Å². The third-order valence-electron chi connectivity index (χ3n) is 7.01. The monoisotopic (exact) mass is 548 g/mol. The molecule has 0 N–H and O–H groups in total. The van der Waals surface area contributed by atoms with Crippen molar-refractivity contribution in [1.82, 2.24) is 24.8 Å². The zero-order valence-electron chi connectivity index (χ0n) is 21.6. The summed E-state index contributed by atoms with van der Waals surface area (Å²) in [4.78, 5) is 24.3. The number of rotatable bonds is 7. The number of fused-ring (bicyclic) bond motifs is 1. The second-order valence-electron chi connectivity index (χ2n) is 9.38. The van der Waals surface area contributed by atoms with E-state index < -0.39 is 9.84 Å². The van der Waals surface area contributed by atoms with Gasteiger partial charge in [0, 0.05) is 37.0 Å². The summed E-state index contributed by atoms with van der Waals surface area (Å²) in [5.41, 5.74) is 2.60. The van der Waals surface area contributed by atoms with Crippen LogP contribution in [0.25, 0.3) is 21.6 Å². The first-order valence-corrected chi connectivity index (χ1v) is 15.0. The fourth-order valence-corrected chi connectivity index (χ4v) is 7.21. The summed E-state index contributed by atoms with van der Waals surface area (Å²) in [5.74, 6) is 1.71. The van der Waals surface area contributed by atoms with Crippen LogP contribution in [-0.2, 0) is 21.1 Å². The fraction of sp³-hybridized carbons (Fsp3) is 0.583. The van der Waals surface area contributed by atoms with E-state index in [2.05, 4.69) is 26.7 Å². The molecule has 5 heterocycles. The minimum atomic E-state index is -3.00. The Morgan fingerprint density at radius 1 is 1.08 bits per heavy atom. The average Bonchev–Trinajstić information content (AvgIpc) is 3.22. The number of likely N-dealkylation sites (tertiary alicyclic amines) is 1. The SMILES string of the molecule is COc1ncc(-c2nc(N3CCOCC3)c3sc(CN4CCC(S(C)(=O)=O)CC4)c(C)c3n2)c(OC)n1. The van der Waals surface area contributed by atoms with Crippen LogP contribution >= 0.6 is 11.3 Å². The summed E-state index contributed by atoms with van der Waals surface area (Å²) in [6.45, 7) is 7.15. The average molecular weight is 549 g/mol. The number of nitrogens with zero attached hydrogens (tertiary/aromatic N) is 6. The lowest BCUT2D eigenvalue weighted by atomic mass is 10.1. The number of aromatic nitrogens is 4. The highest BCUT2D eigenvalue weighted by Crippen LogP contribution is 2.39. The fourth-order valence-electron chi connectivity index (χ4n) is 4.84. The minimum Gasteiger partial charge on any atom is -0.480 e. The number of anilines is 1. The summed E-state index contributed by atoms with van der Waals surface area (Å²) in [6.07, 6.45) is 4.31. The van der Waals surface area contributed by atoms with Crippen molar-refractivity contribution in [2.24, 2.45) is 0 Å². The van der Waals surface area contributed by atoms with Crippen LogP contribution in [0.3, 0.4) is 0 Å². The molecule has 0 aliphatic carbocycles. The van der Waals surface area contributed by atoms with Gasteiger partial charge in [-0.05, 0) is 38.4 Å². The Morgan fingerprint density at radius 2 is 1.81 bits per heavy atom. The lowest BCUT2D eigenvalue weighted by Crippen LogP contribution is -2.38. The molecular formula is C24H32N6O5S2. The van der Waals surface area contributed by atoms with E-state index in [-0.39, 0.29) is 11.3 Å². The van der Waals surface area contributed by atoms with Crippen LogP contribution in [-0.4, -0.2) is 98.4 Å². The van der Waals surface area contributed by atoms with E-state index in [1.807, 2.05) is 0 Å². The van der Waals surface area contributed by atoms with Gasteiger partial charge in [-0.3, -0.25) is 4.90 Å². The van der Waals surface area contributed by atoms with Gasteiger partial charge in [0.15, 0.2) is 11.6 Å². The van der Waals surface area contributed by atoms with E-state index in [1.54, 1.807) is 24.6 Å². The van der Waals surface area contributed by atoms with E-state index >= 15 is 0 Å². The Balaban J connectivity index is 1.53. The molecule has 2 aliphatic heterocycles. The van der Waals surface area contributed by atoms with Gasteiger partial charge in [0.25, 0.3) is 0 Å². The van der Waals surface area contributed by atoms with Crippen molar-refractivity contribution in [1.29, 1.82) is 0 Å². The second kappa shape index (κ2) is 10.6. The number of hydrogen-bond donors (Lipinski definition) is 0. The molecule has 0 saturated carbocycles. The van der Waals surface area contributed by atoms with Crippen LogP contribution in [0.2, 0.25) is 0 Å². The summed E-state index contributed by atoms with van der Waals surface area (Å²) in [5, 5.41) is -0.240. The first kappa shape index (κ1) is 26.0. The molecule has 13 heteroatoms. The third-order valence-corrected chi connectivity index (χ3v) is 9.96. The van der Waals surface area contributed by atoms with E-state index in [4.69, 9.17) is 24.2 Å². The molecule has 5 rings (SSSR count). The van der Waals surface area contributed by atoms with E-state index in [9.17, 15) is 8.42 Å². The molecule has 3 aromatic rings. The van der Waals surface area contributed by atoms with Gasteiger partial charge in [-0.15, -0.1) is 11.3 Å². The van der Waals surface area contributed by atoms with E-state index in [1.165, 1.54) is 18.2 Å². The van der Waals surface area contributed by atoms with Crippen molar-refractivity contribution in [2.75, 3.05) is 64.8 Å². The number of methoxy groups -OCH3 is 2. The molecule has 3 aromatic heterocycles. The maximum atomic E-state index is 12.0. The maximum Gasteiger partial charge on any atom is 0.319 e. The number of hydrogen-bond acceptors (Lipinski definition) is 12. The number of aryl methyl sites for hydroxylation is 1. The van der Waals surface area contributed by atoms with Crippen LogP contribution in [0, 0.1) is 6.92 Å². The number of sulfone groups is 1. The quantitative estimate of drug-likeness (QED) is 0.433. The van der Waals surface area contributed by atoms with Crippen LogP contribution in [0.15, 0.2) is 6.20 Å². The molecular weight excluding hydrogens is 516 g/mol. The molecule has 200 valence electrons. The molecule has 2 fully saturated rings. The number of morpholine rings is 1. The van der Waals surface area contributed by atoms with Gasteiger partial charge < -0.3 is 19.1 Å². The van der Waals surface area contributed by atoms with Gasteiger partial charge in [-0.1, -0.05) is 0 Å². The number of piperidine rings is 1. The standard InChI is InChI=1S/C24H32N6O5S2/c1-15-18(14-29-7-5-16(6-8-29)37(4,31)32)36-20-19(15)26-21(27-22(20)30-9-11-35-12-10-30)17-13-25-24(34-3)28-23(17)33-2/h13,16H,5-12,14H2,1-4H3. The predicted molar refractivity (Wildman–Crippen MR) is 142 cm³/mol. The highest BCUT2D eigenvalue weighted by atomic mass is 32.2. The molecule has 0 unspecified atom stereocenters. The Labute approximate surface area is 220 Å². The van der Waals surface area contributed by atoms with Gasteiger partial charge in [0.2, 0.25) is 5.88 Å². The van der Waals surface area contributed by atoms with Gasteiger partial charge in [0.1, 0.15) is 15.4 Å². The van der Waals surface area contributed by atoms with E-state index in [0.717, 1.165) is 54.3 Å². The second-order valence-corrected chi connectivity index (χ2v) is 12.8. The predicted octanol–water partition coefficient (Wildman–Crippen LogP) is 2.32. The molecule has 2 saturated heterocycles. The third kappa shape index (κ3) is 5.35. The maximum absolute atomic E-state index is 12.0. The van der Waals surface area contributed by atoms with Crippen molar-refractivity contribution < 1.29 is 22.6 Å². The van der Waals surface area contributed by atoms with Crippen molar-refractivity contribution in [3.05, 3.63) is 16.6 Å². The highest BCUT2D eigenvalue weighted by molar-refractivity contribution is 7.91. The zero-order chi connectivity index (χ0) is 26.2. The topological polar surface area (TPSA) is 120 Å². The Bertz CT molecular complexity index is 1380. The molecule has 2 aliphatic rings. The molecule has 0 spiro atoms. The number of ether oxygens (including phenoxy) is 3. The van der Waals surface area contributed by atoms with Crippen molar-refractivity contribution in [3.63, 3.8) is 0 Å². The molecule has 0 atom stereocenters. The Morgan fingerprint density at radius 3 is 2.46 bits per heavy atom. The van der Waals surface area contributed by atoms with Gasteiger partial charge in [-0.25, -0.2) is 23.4 Å². The Kier molecular flexibility index (Phi) is 7.48.